The lowest BCUT2D eigenvalue weighted by atomic mass is 9.91. The van der Waals surface area contributed by atoms with Crippen LogP contribution in [0.3, 0.4) is 0 Å². The maximum atomic E-state index is 11.2. The van der Waals surface area contributed by atoms with Crippen LogP contribution in [0.15, 0.2) is 6.07 Å². The molecule has 104 valence electrons. The first-order valence-corrected chi connectivity index (χ1v) is 7.33. The van der Waals surface area contributed by atoms with Crippen molar-refractivity contribution in [3.8, 4) is 0 Å². The lowest BCUT2D eigenvalue weighted by molar-refractivity contribution is 0.0702. The molecule has 0 radical (unpaired) electrons. The summed E-state index contributed by atoms with van der Waals surface area (Å²) in [7, 11) is 0. The first-order chi connectivity index (χ1) is 8.75. The molecule has 4 nitrogen and oxygen atoms in total. The molecular formula is C14H20N2O2S. The van der Waals surface area contributed by atoms with E-state index >= 15 is 0 Å². The Bertz CT molecular complexity index is 619. The molecular weight excluding hydrogens is 260 g/mol. The molecule has 5 heteroatoms. The van der Waals surface area contributed by atoms with E-state index in [0.717, 1.165) is 22.3 Å². The van der Waals surface area contributed by atoms with E-state index in [1.165, 1.54) is 11.3 Å². The third-order valence-electron chi connectivity index (χ3n) is 3.31. The lowest BCUT2D eigenvalue weighted by Gasteiger charge is -2.16. The summed E-state index contributed by atoms with van der Waals surface area (Å²) in [6.07, 6.45) is 0.973. The maximum Gasteiger partial charge on any atom is 0.345 e. The van der Waals surface area contributed by atoms with Crippen molar-refractivity contribution in [2.75, 3.05) is 0 Å². The van der Waals surface area contributed by atoms with Crippen LogP contribution in [0.4, 0.5) is 0 Å². The number of carbonyl (C=O) groups is 1. The number of aromatic nitrogens is 2. The van der Waals surface area contributed by atoms with E-state index in [0.29, 0.717) is 4.88 Å². The van der Waals surface area contributed by atoms with Gasteiger partial charge in [0, 0.05) is 10.8 Å². The first kappa shape index (κ1) is 14.1. The van der Waals surface area contributed by atoms with Crippen LogP contribution in [0.5, 0.6) is 0 Å². The fraction of sp³-hybridized carbons (Fsp3) is 0.571. The number of aromatic carboxylic acids is 1. The molecule has 0 aliphatic rings. The highest BCUT2D eigenvalue weighted by Crippen LogP contribution is 2.36. The molecule has 0 saturated carbocycles. The molecule has 19 heavy (non-hydrogen) atoms. The average Bonchev–Trinajstić information content (AvgIpc) is 2.84. The van der Waals surface area contributed by atoms with Gasteiger partial charge < -0.3 is 5.11 Å². The molecule has 1 atom stereocenters. The van der Waals surface area contributed by atoms with Crippen molar-refractivity contribution in [1.82, 2.24) is 9.78 Å². The van der Waals surface area contributed by atoms with E-state index < -0.39 is 5.97 Å². The van der Waals surface area contributed by atoms with Crippen LogP contribution in [0, 0.1) is 0 Å². The molecule has 0 spiro atoms. The Morgan fingerprint density at radius 2 is 2.16 bits per heavy atom. The van der Waals surface area contributed by atoms with Gasteiger partial charge in [0.15, 0.2) is 0 Å². The third-order valence-corrected chi connectivity index (χ3v) is 4.43. The van der Waals surface area contributed by atoms with Gasteiger partial charge in [-0.15, -0.1) is 11.3 Å². The number of fused-ring (bicyclic) bond motifs is 1. The highest BCUT2D eigenvalue weighted by atomic mass is 32.1. The summed E-state index contributed by atoms with van der Waals surface area (Å²) in [4.78, 5) is 12.5. The third kappa shape index (κ3) is 2.39. The second-order valence-corrected chi connectivity index (χ2v) is 6.97. The van der Waals surface area contributed by atoms with Crippen LogP contribution >= 0.6 is 11.3 Å². The van der Waals surface area contributed by atoms with Gasteiger partial charge in [0.1, 0.15) is 9.71 Å². The standard InChI is InChI=1S/C14H20N2O2S/c1-6-8(2)16-12-9(7-10(19-12)13(17)18)11(15-16)14(3,4)5/h7-8H,6H2,1-5H3,(H,17,18). The van der Waals surface area contributed by atoms with E-state index in [4.69, 9.17) is 10.2 Å². The molecule has 1 N–H and O–H groups in total. The fourth-order valence-electron chi connectivity index (χ4n) is 2.06. The Morgan fingerprint density at radius 1 is 1.53 bits per heavy atom. The molecule has 0 bridgehead atoms. The minimum absolute atomic E-state index is 0.0895. The monoisotopic (exact) mass is 280 g/mol. The molecule has 2 rings (SSSR count). The number of carboxylic acids is 1. The Kier molecular flexibility index (Phi) is 3.43. The molecule has 0 aliphatic heterocycles. The molecule has 1 unspecified atom stereocenters. The van der Waals surface area contributed by atoms with Gasteiger partial charge in [-0.2, -0.15) is 5.10 Å². The molecule has 0 aliphatic carbocycles. The van der Waals surface area contributed by atoms with Gasteiger partial charge in [-0.05, 0) is 19.4 Å². The van der Waals surface area contributed by atoms with Crippen LogP contribution in [0.1, 0.15) is 62.4 Å². The molecule has 0 aromatic carbocycles. The van der Waals surface area contributed by atoms with Crippen molar-refractivity contribution >= 4 is 27.5 Å². The summed E-state index contributed by atoms with van der Waals surface area (Å²) in [5.74, 6) is -0.864. The zero-order valence-corrected chi connectivity index (χ0v) is 12.8. The normalized spacial score (nSPS) is 13.9. The highest BCUT2D eigenvalue weighted by Gasteiger charge is 2.26. The van der Waals surface area contributed by atoms with Crippen LogP contribution in [0.25, 0.3) is 10.2 Å². The van der Waals surface area contributed by atoms with Gasteiger partial charge in [-0.3, -0.25) is 4.68 Å². The number of hydrogen-bond donors (Lipinski definition) is 1. The van der Waals surface area contributed by atoms with E-state index in [-0.39, 0.29) is 11.5 Å². The SMILES string of the molecule is CCC(C)n1nc(C(C)(C)C)c2cc(C(=O)O)sc21. The molecule has 0 saturated heterocycles. The smallest absolute Gasteiger partial charge is 0.345 e. The van der Waals surface area contributed by atoms with E-state index in [1.807, 2.05) is 4.68 Å². The van der Waals surface area contributed by atoms with Gasteiger partial charge in [0.05, 0.1) is 11.7 Å². The topological polar surface area (TPSA) is 55.1 Å². The van der Waals surface area contributed by atoms with Crippen LogP contribution in [-0.4, -0.2) is 20.9 Å². The molecule has 2 heterocycles. The van der Waals surface area contributed by atoms with E-state index in [2.05, 4.69) is 34.6 Å². The van der Waals surface area contributed by atoms with Crippen molar-refractivity contribution < 1.29 is 9.90 Å². The summed E-state index contributed by atoms with van der Waals surface area (Å²) >= 11 is 1.31. The minimum Gasteiger partial charge on any atom is -0.477 e. The zero-order valence-electron chi connectivity index (χ0n) is 12.0. The van der Waals surface area contributed by atoms with Crippen molar-refractivity contribution in [2.45, 2.75) is 52.5 Å². The van der Waals surface area contributed by atoms with E-state index in [1.54, 1.807) is 6.07 Å². The molecule has 0 fully saturated rings. The number of carboxylic acid groups (broad SMARTS) is 1. The zero-order chi connectivity index (χ0) is 14.4. The van der Waals surface area contributed by atoms with E-state index in [9.17, 15) is 4.79 Å². The number of rotatable bonds is 3. The quantitative estimate of drug-likeness (QED) is 0.922. The number of thiophene rings is 1. The van der Waals surface area contributed by atoms with Gasteiger partial charge in [0.2, 0.25) is 0 Å². The summed E-state index contributed by atoms with van der Waals surface area (Å²) < 4.78 is 1.98. The minimum atomic E-state index is -0.864. The van der Waals surface area contributed by atoms with Crippen molar-refractivity contribution in [1.29, 1.82) is 0 Å². The summed E-state index contributed by atoms with van der Waals surface area (Å²) in [5.41, 5.74) is 0.889. The Labute approximate surface area is 117 Å². The Morgan fingerprint density at radius 3 is 2.63 bits per heavy atom. The molecule has 0 amide bonds. The van der Waals surface area contributed by atoms with Crippen molar-refractivity contribution in [2.24, 2.45) is 0 Å². The first-order valence-electron chi connectivity index (χ1n) is 6.51. The average molecular weight is 280 g/mol. The Balaban J connectivity index is 2.73. The van der Waals surface area contributed by atoms with Crippen LogP contribution in [-0.2, 0) is 5.41 Å². The van der Waals surface area contributed by atoms with Gasteiger partial charge in [-0.1, -0.05) is 27.7 Å². The predicted octanol–water partition coefficient (Wildman–Crippen LogP) is 4.06. The van der Waals surface area contributed by atoms with Crippen LogP contribution in [0.2, 0.25) is 0 Å². The maximum absolute atomic E-state index is 11.2. The summed E-state index contributed by atoms with van der Waals surface area (Å²) in [5, 5.41) is 14.9. The van der Waals surface area contributed by atoms with Gasteiger partial charge >= 0.3 is 5.97 Å². The van der Waals surface area contributed by atoms with Crippen molar-refractivity contribution in [3.05, 3.63) is 16.6 Å². The van der Waals surface area contributed by atoms with Gasteiger partial charge in [0.25, 0.3) is 0 Å². The molecule has 2 aromatic heterocycles. The molecule has 2 aromatic rings. The summed E-state index contributed by atoms with van der Waals surface area (Å²) in [6.45, 7) is 10.5. The van der Waals surface area contributed by atoms with Crippen LogP contribution < -0.4 is 0 Å². The lowest BCUT2D eigenvalue weighted by Crippen LogP contribution is -2.14. The second kappa shape index (κ2) is 4.63. The Hall–Kier alpha value is -1.36. The highest BCUT2D eigenvalue weighted by molar-refractivity contribution is 7.20. The van der Waals surface area contributed by atoms with Gasteiger partial charge in [-0.25, -0.2) is 4.79 Å². The second-order valence-electron chi connectivity index (χ2n) is 5.94. The van der Waals surface area contributed by atoms with Crippen molar-refractivity contribution in [3.63, 3.8) is 0 Å². The number of hydrogen-bond acceptors (Lipinski definition) is 3. The number of nitrogens with zero attached hydrogens (tertiary/aromatic N) is 2. The fourth-order valence-corrected chi connectivity index (χ4v) is 3.11. The summed E-state index contributed by atoms with van der Waals surface area (Å²) in [6, 6.07) is 2.04. The largest absolute Gasteiger partial charge is 0.477 e. The predicted molar refractivity (Wildman–Crippen MR) is 78.3 cm³/mol.